The number of rotatable bonds is 6. The number of hydrogen-bond donors (Lipinski definition) is 2. The maximum Gasteiger partial charge on any atom is 0.321 e. The molecule has 1 aromatic carbocycles. The molecule has 116 valence electrons. The SMILES string of the molecule is CSC[C@H](C)C(=O)NCc1cccc(NC(=O)N(C)C)c1. The monoisotopic (exact) mass is 309 g/mol. The number of carbonyl (C=O) groups excluding carboxylic acids is 2. The molecule has 21 heavy (non-hydrogen) atoms. The lowest BCUT2D eigenvalue weighted by Gasteiger charge is -2.14. The van der Waals surface area contributed by atoms with Crippen molar-refractivity contribution in [1.82, 2.24) is 10.2 Å². The van der Waals surface area contributed by atoms with Crippen LogP contribution in [0.4, 0.5) is 10.5 Å². The van der Waals surface area contributed by atoms with Crippen molar-refractivity contribution in [3.63, 3.8) is 0 Å². The van der Waals surface area contributed by atoms with Gasteiger partial charge in [0, 0.05) is 38.0 Å². The van der Waals surface area contributed by atoms with Gasteiger partial charge in [0.05, 0.1) is 0 Å². The standard InChI is InChI=1S/C15H23N3O2S/c1-11(10-21-4)14(19)16-9-12-6-5-7-13(8-12)17-15(20)18(2)3/h5-8,11H,9-10H2,1-4H3,(H,16,19)(H,17,20)/t11-/m0/s1. The van der Waals surface area contributed by atoms with E-state index in [0.29, 0.717) is 6.54 Å². The highest BCUT2D eigenvalue weighted by Crippen LogP contribution is 2.11. The number of benzene rings is 1. The maximum atomic E-state index is 11.9. The predicted molar refractivity (Wildman–Crippen MR) is 88.5 cm³/mol. The van der Waals surface area contributed by atoms with Crippen LogP contribution in [0.2, 0.25) is 0 Å². The minimum Gasteiger partial charge on any atom is -0.352 e. The number of anilines is 1. The number of thioether (sulfide) groups is 1. The number of hydrogen-bond acceptors (Lipinski definition) is 3. The lowest BCUT2D eigenvalue weighted by atomic mass is 10.1. The average Bonchev–Trinajstić information content (AvgIpc) is 2.45. The van der Waals surface area contributed by atoms with Gasteiger partial charge in [-0.3, -0.25) is 4.79 Å². The zero-order valence-electron chi connectivity index (χ0n) is 13.0. The highest BCUT2D eigenvalue weighted by Gasteiger charge is 2.11. The molecule has 0 saturated heterocycles. The van der Waals surface area contributed by atoms with Crippen molar-refractivity contribution in [1.29, 1.82) is 0 Å². The first kappa shape index (κ1) is 17.4. The lowest BCUT2D eigenvalue weighted by Crippen LogP contribution is -2.30. The Morgan fingerprint density at radius 2 is 2.05 bits per heavy atom. The summed E-state index contributed by atoms with van der Waals surface area (Å²) < 4.78 is 0. The summed E-state index contributed by atoms with van der Waals surface area (Å²) >= 11 is 1.66. The summed E-state index contributed by atoms with van der Waals surface area (Å²) in [5.41, 5.74) is 1.67. The van der Waals surface area contributed by atoms with Crippen molar-refractivity contribution < 1.29 is 9.59 Å². The fourth-order valence-corrected chi connectivity index (χ4v) is 2.33. The van der Waals surface area contributed by atoms with E-state index in [-0.39, 0.29) is 17.9 Å². The van der Waals surface area contributed by atoms with Gasteiger partial charge in [0.15, 0.2) is 0 Å². The molecule has 6 heteroatoms. The first-order valence-corrected chi connectivity index (χ1v) is 8.17. The van der Waals surface area contributed by atoms with Gasteiger partial charge in [-0.05, 0) is 24.0 Å². The zero-order chi connectivity index (χ0) is 15.8. The molecule has 0 unspecified atom stereocenters. The summed E-state index contributed by atoms with van der Waals surface area (Å²) in [5.74, 6) is 0.855. The van der Waals surface area contributed by atoms with Crippen LogP contribution in [0.3, 0.4) is 0 Å². The Hall–Kier alpha value is -1.69. The Morgan fingerprint density at radius 3 is 2.67 bits per heavy atom. The Morgan fingerprint density at radius 1 is 1.33 bits per heavy atom. The van der Waals surface area contributed by atoms with Crippen molar-refractivity contribution in [2.75, 3.05) is 31.4 Å². The highest BCUT2D eigenvalue weighted by atomic mass is 32.2. The van der Waals surface area contributed by atoms with Crippen molar-refractivity contribution in [3.05, 3.63) is 29.8 Å². The fourth-order valence-electron chi connectivity index (χ4n) is 1.68. The molecular weight excluding hydrogens is 286 g/mol. The van der Waals surface area contributed by atoms with E-state index in [9.17, 15) is 9.59 Å². The summed E-state index contributed by atoms with van der Waals surface area (Å²) in [7, 11) is 3.37. The first-order chi connectivity index (χ1) is 9.93. The third kappa shape index (κ3) is 6.08. The van der Waals surface area contributed by atoms with E-state index < -0.39 is 0 Å². The van der Waals surface area contributed by atoms with Crippen molar-refractivity contribution in [2.24, 2.45) is 5.92 Å². The molecule has 0 aliphatic heterocycles. The van der Waals surface area contributed by atoms with Crippen molar-refractivity contribution in [3.8, 4) is 0 Å². The molecule has 2 N–H and O–H groups in total. The van der Waals surface area contributed by atoms with Crippen LogP contribution in [-0.4, -0.2) is 42.9 Å². The van der Waals surface area contributed by atoms with Crippen molar-refractivity contribution in [2.45, 2.75) is 13.5 Å². The van der Waals surface area contributed by atoms with Gasteiger partial charge in [-0.15, -0.1) is 0 Å². The third-order valence-corrected chi connectivity index (χ3v) is 3.75. The minimum absolute atomic E-state index is 0.00312. The molecule has 0 radical (unpaired) electrons. The summed E-state index contributed by atoms with van der Waals surface area (Å²) in [6.45, 7) is 2.38. The molecule has 0 aliphatic rings. The smallest absolute Gasteiger partial charge is 0.321 e. The Kier molecular flexibility index (Phi) is 7.08. The third-order valence-electron chi connectivity index (χ3n) is 2.92. The number of carbonyl (C=O) groups is 2. The second kappa shape index (κ2) is 8.56. The Bertz CT molecular complexity index is 492. The first-order valence-electron chi connectivity index (χ1n) is 6.78. The van der Waals surface area contributed by atoms with Crippen LogP contribution < -0.4 is 10.6 Å². The molecule has 0 bridgehead atoms. The lowest BCUT2D eigenvalue weighted by molar-refractivity contribution is -0.124. The van der Waals surface area contributed by atoms with E-state index in [0.717, 1.165) is 17.0 Å². The molecule has 0 aliphatic carbocycles. The van der Waals surface area contributed by atoms with E-state index >= 15 is 0 Å². The average molecular weight is 309 g/mol. The molecule has 1 rings (SSSR count). The van der Waals surface area contributed by atoms with E-state index in [4.69, 9.17) is 0 Å². The van der Waals surface area contributed by atoms with Crippen LogP contribution in [0.15, 0.2) is 24.3 Å². The van der Waals surface area contributed by atoms with E-state index in [1.165, 1.54) is 4.90 Å². The summed E-state index contributed by atoms with van der Waals surface area (Å²) in [6.07, 6.45) is 1.99. The van der Waals surface area contributed by atoms with E-state index in [1.807, 2.05) is 37.4 Å². The van der Waals surface area contributed by atoms with Gasteiger partial charge in [-0.1, -0.05) is 19.1 Å². The molecule has 1 aromatic rings. The molecule has 0 aromatic heterocycles. The second-order valence-corrected chi connectivity index (χ2v) is 6.01. The fraction of sp³-hybridized carbons (Fsp3) is 0.467. The molecule has 5 nitrogen and oxygen atoms in total. The van der Waals surface area contributed by atoms with Crippen molar-refractivity contribution >= 4 is 29.4 Å². The second-order valence-electron chi connectivity index (χ2n) is 5.10. The van der Waals surface area contributed by atoms with Crippen LogP contribution >= 0.6 is 11.8 Å². The van der Waals surface area contributed by atoms with Crippen LogP contribution in [-0.2, 0) is 11.3 Å². The highest BCUT2D eigenvalue weighted by molar-refractivity contribution is 7.98. The van der Waals surface area contributed by atoms with E-state index in [1.54, 1.807) is 25.9 Å². The molecule has 0 spiro atoms. The number of urea groups is 1. The van der Waals surface area contributed by atoms with Gasteiger partial charge in [-0.25, -0.2) is 4.79 Å². The maximum absolute atomic E-state index is 11.9. The minimum atomic E-state index is -0.176. The molecule has 1 atom stereocenters. The number of nitrogens with one attached hydrogen (secondary N) is 2. The van der Waals surface area contributed by atoms with Gasteiger partial charge in [0.2, 0.25) is 5.91 Å². The molecular formula is C15H23N3O2S. The zero-order valence-corrected chi connectivity index (χ0v) is 13.8. The molecule has 0 heterocycles. The van der Waals surface area contributed by atoms with Crippen LogP contribution in [0, 0.1) is 5.92 Å². The van der Waals surface area contributed by atoms with Gasteiger partial charge in [0.1, 0.15) is 0 Å². The molecule has 3 amide bonds. The van der Waals surface area contributed by atoms with Gasteiger partial charge >= 0.3 is 6.03 Å². The summed E-state index contributed by atoms with van der Waals surface area (Å²) in [6, 6.07) is 7.29. The van der Waals surface area contributed by atoms with Crippen LogP contribution in [0.1, 0.15) is 12.5 Å². The van der Waals surface area contributed by atoms with Gasteiger partial charge in [0.25, 0.3) is 0 Å². The number of nitrogens with zero attached hydrogens (tertiary/aromatic N) is 1. The summed E-state index contributed by atoms with van der Waals surface area (Å²) in [4.78, 5) is 24.9. The van der Waals surface area contributed by atoms with Gasteiger partial charge in [-0.2, -0.15) is 11.8 Å². The summed E-state index contributed by atoms with van der Waals surface area (Å²) in [5, 5.41) is 5.69. The Balaban J connectivity index is 2.57. The largest absolute Gasteiger partial charge is 0.352 e. The van der Waals surface area contributed by atoms with Gasteiger partial charge < -0.3 is 15.5 Å². The van der Waals surface area contributed by atoms with Crippen LogP contribution in [0.5, 0.6) is 0 Å². The topological polar surface area (TPSA) is 61.4 Å². The van der Waals surface area contributed by atoms with Crippen LogP contribution in [0.25, 0.3) is 0 Å². The quantitative estimate of drug-likeness (QED) is 0.848. The number of amides is 3. The Labute approximate surface area is 130 Å². The molecule has 0 saturated carbocycles. The predicted octanol–water partition coefficient (Wildman–Crippen LogP) is 2.40. The van der Waals surface area contributed by atoms with E-state index in [2.05, 4.69) is 10.6 Å². The normalized spacial score (nSPS) is 11.6. The molecule has 0 fully saturated rings.